The Hall–Kier alpha value is -2.13. The highest BCUT2D eigenvalue weighted by molar-refractivity contribution is 6.01. The minimum Gasteiger partial charge on any atom is -0.494 e. The first-order chi connectivity index (χ1) is 9.76. The number of hydrogen-bond donors (Lipinski definition) is 1. The standard InChI is InChI=1S/C17H19NO2/c1-2-20-15-10-8-14(9-11-15)17(19)16(12-18)13-6-4-3-5-7-13/h3-11,16H,2,12,18H2,1H3. The van der Waals surface area contributed by atoms with Crippen LogP contribution < -0.4 is 10.5 Å². The molecule has 0 radical (unpaired) electrons. The molecule has 0 saturated carbocycles. The molecule has 2 aromatic carbocycles. The van der Waals surface area contributed by atoms with E-state index in [1.807, 2.05) is 49.4 Å². The van der Waals surface area contributed by atoms with Crippen molar-refractivity contribution in [2.24, 2.45) is 5.73 Å². The molecule has 0 aliphatic heterocycles. The molecule has 2 N–H and O–H groups in total. The Morgan fingerprint density at radius 1 is 1.10 bits per heavy atom. The van der Waals surface area contributed by atoms with E-state index in [9.17, 15) is 4.79 Å². The fourth-order valence-electron chi connectivity index (χ4n) is 2.16. The first-order valence-corrected chi connectivity index (χ1v) is 6.78. The number of carbonyl (C=O) groups is 1. The third-order valence-electron chi connectivity index (χ3n) is 3.20. The van der Waals surface area contributed by atoms with Gasteiger partial charge < -0.3 is 10.5 Å². The molecule has 20 heavy (non-hydrogen) atoms. The Morgan fingerprint density at radius 2 is 1.75 bits per heavy atom. The zero-order valence-corrected chi connectivity index (χ0v) is 11.6. The van der Waals surface area contributed by atoms with Gasteiger partial charge in [-0.2, -0.15) is 0 Å². The van der Waals surface area contributed by atoms with Crippen LogP contribution in [0.4, 0.5) is 0 Å². The van der Waals surface area contributed by atoms with Crippen molar-refractivity contribution < 1.29 is 9.53 Å². The lowest BCUT2D eigenvalue weighted by atomic mass is 9.91. The van der Waals surface area contributed by atoms with Crippen LogP contribution in [0.1, 0.15) is 28.8 Å². The van der Waals surface area contributed by atoms with E-state index < -0.39 is 0 Å². The van der Waals surface area contributed by atoms with Crippen molar-refractivity contribution in [3.63, 3.8) is 0 Å². The zero-order valence-electron chi connectivity index (χ0n) is 11.6. The normalized spacial score (nSPS) is 11.9. The largest absolute Gasteiger partial charge is 0.494 e. The Labute approximate surface area is 119 Å². The highest BCUT2D eigenvalue weighted by Gasteiger charge is 2.20. The first-order valence-electron chi connectivity index (χ1n) is 6.78. The molecule has 3 nitrogen and oxygen atoms in total. The predicted molar refractivity (Wildman–Crippen MR) is 80.2 cm³/mol. The summed E-state index contributed by atoms with van der Waals surface area (Å²) in [4.78, 5) is 12.5. The monoisotopic (exact) mass is 269 g/mol. The number of rotatable bonds is 6. The minimum atomic E-state index is -0.297. The summed E-state index contributed by atoms with van der Waals surface area (Å²) in [6.07, 6.45) is 0. The van der Waals surface area contributed by atoms with Gasteiger partial charge in [-0.1, -0.05) is 30.3 Å². The number of ketones is 1. The van der Waals surface area contributed by atoms with E-state index in [1.54, 1.807) is 12.1 Å². The minimum absolute atomic E-state index is 0.0433. The smallest absolute Gasteiger partial charge is 0.171 e. The SMILES string of the molecule is CCOc1ccc(C(=O)C(CN)c2ccccc2)cc1. The van der Waals surface area contributed by atoms with Crippen LogP contribution >= 0.6 is 0 Å². The Kier molecular flexibility index (Phi) is 4.91. The van der Waals surface area contributed by atoms with Crippen molar-refractivity contribution in [1.82, 2.24) is 0 Å². The molecule has 0 aliphatic rings. The average Bonchev–Trinajstić information content (AvgIpc) is 2.50. The summed E-state index contributed by atoms with van der Waals surface area (Å²) < 4.78 is 5.38. The molecular formula is C17H19NO2. The van der Waals surface area contributed by atoms with Gasteiger partial charge in [0.25, 0.3) is 0 Å². The number of Topliss-reactive ketones (excluding diaryl/α,β-unsaturated/α-hetero) is 1. The van der Waals surface area contributed by atoms with Crippen molar-refractivity contribution in [1.29, 1.82) is 0 Å². The summed E-state index contributed by atoms with van der Waals surface area (Å²) in [6, 6.07) is 16.8. The summed E-state index contributed by atoms with van der Waals surface area (Å²) in [5.41, 5.74) is 7.39. The Balaban J connectivity index is 2.20. The molecule has 0 spiro atoms. The van der Waals surface area contributed by atoms with E-state index in [2.05, 4.69) is 0 Å². The van der Waals surface area contributed by atoms with E-state index in [4.69, 9.17) is 10.5 Å². The maximum atomic E-state index is 12.5. The molecule has 2 aromatic rings. The van der Waals surface area contributed by atoms with Crippen LogP contribution in [0, 0.1) is 0 Å². The quantitative estimate of drug-likeness (QED) is 0.820. The van der Waals surface area contributed by atoms with Gasteiger partial charge in [0.15, 0.2) is 5.78 Å². The highest BCUT2D eigenvalue weighted by atomic mass is 16.5. The summed E-state index contributed by atoms with van der Waals surface area (Å²) in [6.45, 7) is 2.84. The van der Waals surface area contributed by atoms with Crippen molar-refractivity contribution in [3.8, 4) is 5.75 Å². The number of carbonyl (C=O) groups excluding carboxylic acids is 1. The van der Waals surface area contributed by atoms with Gasteiger partial charge in [-0.15, -0.1) is 0 Å². The molecular weight excluding hydrogens is 250 g/mol. The van der Waals surface area contributed by atoms with Crippen LogP contribution in [0.5, 0.6) is 5.75 Å². The molecule has 1 atom stereocenters. The Morgan fingerprint density at radius 3 is 2.30 bits per heavy atom. The fraction of sp³-hybridized carbons (Fsp3) is 0.235. The molecule has 1 unspecified atom stereocenters. The Bertz CT molecular complexity index is 549. The van der Waals surface area contributed by atoms with Crippen LogP contribution in [0.25, 0.3) is 0 Å². The van der Waals surface area contributed by atoms with Gasteiger partial charge in [0.05, 0.1) is 12.5 Å². The molecule has 0 aromatic heterocycles. The predicted octanol–water partition coefficient (Wildman–Crippen LogP) is 3.01. The highest BCUT2D eigenvalue weighted by Crippen LogP contribution is 2.21. The maximum absolute atomic E-state index is 12.5. The van der Waals surface area contributed by atoms with Gasteiger partial charge in [0.1, 0.15) is 5.75 Å². The van der Waals surface area contributed by atoms with Gasteiger partial charge >= 0.3 is 0 Å². The number of nitrogens with two attached hydrogens (primary N) is 1. The van der Waals surface area contributed by atoms with Crippen molar-refractivity contribution in [2.45, 2.75) is 12.8 Å². The maximum Gasteiger partial charge on any atom is 0.171 e. The van der Waals surface area contributed by atoms with Gasteiger partial charge in [0.2, 0.25) is 0 Å². The second-order valence-electron chi connectivity index (χ2n) is 4.52. The van der Waals surface area contributed by atoms with Crippen LogP contribution in [-0.2, 0) is 0 Å². The lowest BCUT2D eigenvalue weighted by Crippen LogP contribution is -2.21. The van der Waals surface area contributed by atoms with Crippen LogP contribution in [0.2, 0.25) is 0 Å². The molecule has 0 bridgehead atoms. The van der Waals surface area contributed by atoms with E-state index in [0.717, 1.165) is 11.3 Å². The summed E-state index contributed by atoms with van der Waals surface area (Å²) in [7, 11) is 0. The van der Waals surface area contributed by atoms with E-state index in [0.29, 0.717) is 18.7 Å². The molecule has 0 amide bonds. The molecule has 2 rings (SSSR count). The van der Waals surface area contributed by atoms with Crippen molar-refractivity contribution >= 4 is 5.78 Å². The average molecular weight is 269 g/mol. The lowest BCUT2D eigenvalue weighted by Gasteiger charge is -2.14. The zero-order chi connectivity index (χ0) is 14.4. The molecule has 3 heteroatoms. The third kappa shape index (κ3) is 3.25. The van der Waals surface area contributed by atoms with Gasteiger partial charge in [0, 0.05) is 12.1 Å². The number of hydrogen-bond acceptors (Lipinski definition) is 3. The first kappa shape index (κ1) is 14.3. The summed E-state index contributed by atoms with van der Waals surface area (Å²) in [5, 5.41) is 0. The topological polar surface area (TPSA) is 52.3 Å². The van der Waals surface area contributed by atoms with Gasteiger partial charge in [-0.3, -0.25) is 4.79 Å². The lowest BCUT2D eigenvalue weighted by molar-refractivity contribution is 0.0962. The van der Waals surface area contributed by atoms with Crippen molar-refractivity contribution in [3.05, 3.63) is 65.7 Å². The number of ether oxygens (including phenoxy) is 1. The van der Waals surface area contributed by atoms with Crippen molar-refractivity contribution in [2.75, 3.05) is 13.2 Å². The fourth-order valence-corrected chi connectivity index (χ4v) is 2.16. The van der Waals surface area contributed by atoms with E-state index in [-0.39, 0.29) is 11.7 Å². The van der Waals surface area contributed by atoms with E-state index >= 15 is 0 Å². The van der Waals surface area contributed by atoms with Crippen LogP contribution in [-0.4, -0.2) is 18.9 Å². The van der Waals surface area contributed by atoms with Gasteiger partial charge in [-0.05, 0) is 36.8 Å². The third-order valence-corrected chi connectivity index (χ3v) is 3.20. The van der Waals surface area contributed by atoms with E-state index in [1.165, 1.54) is 0 Å². The van der Waals surface area contributed by atoms with Gasteiger partial charge in [-0.25, -0.2) is 0 Å². The second kappa shape index (κ2) is 6.87. The summed E-state index contributed by atoms with van der Waals surface area (Å²) >= 11 is 0. The molecule has 0 saturated heterocycles. The molecule has 0 heterocycles. The molecule has 0 aliphatic carbocycles. The second-order valence-corrected chi connectivity index (χ2v) is 4.52. The molecule has 0 fully saturated rings. The number of benzene rings is 2. The summed E-state index contributed by atoms with van der Waals surface area (Å²) in [5.74, 6) is 0.518. The molecule has 104 valence electrons. The van der Waals surface area contributed by atoms with Crippen LogP contribution in [0.15, 0.2) is 54.6 Å². The van der Waals surface area contributed by atoms with Crippen LogP contribution in [0.3, 0.4) is 0 Å².